The van der Waals surface area contributed by atoms with Gasteiger partial charge in [0.15, 0.2) is 6.61 Å². The highest BCUT2D eigenvalue weighted by atomic mass is 35.5. The number of ether oxygens (including phenoxy) is 1. The topological polar surface area (TPSA) is 107 Å². The van der Waals surface area contributed by atoms with Crippen LogP contribution in [0.3, 0.4) is 0 Å². The number of likely N-dealkylation sites (N-methyl/N-ethyl adjacent to an activating group) is 1. The lowest BCUT2D eigenvalue weighted by Gasteiger charge is -2.28. The molecule has 2 unspecified atom stereocenters. The summed E-state index contributed by atoms with van der Waals surface area (Å²) in [7, 11) is 1.91. The lowest BCUT2D eigenvalue weighted by molar-refractivity contribution is -0.118. The third-order valence-electron chi connectivity index (χ3n) is 6.20. The van der Waals surface area contributed by atoms with E-state index in [2.05, 4.69) is 25.9 Å². The van der Waals surface area contributed by atoms with Crippen LogP contribution >= 0.6 is 11.6 Å². The molecule has 2 amide bonds. The number of fused-ring (bicyclic) bond motifs is 2. The second-order valence-electron chi connectivity index (χ2n) is 8.71. The Morgan fingerprint density at radius 1 is 1.23 bits per heavy atom. The van der Waals surface area contributed by atoms with Crippen LogP contribution in [0.25, 0.3) is 0 Å². The largest absolute Gasteiger partial charge is 0.482 e. The number of hydrogen-bond donors (Lipinski definition) is 3. The molecule has 0 spiro atoms. The lowest BCUT2D eigenvalue weighted by Crippen LogP contribution is -2.49. The fourth-order valence-corrected chi connectivity index (χ4v) is 4.53. The molecule has 0 fully saturated rings. The summed E-state index contributed by atoms with van der Waals surface area (Å²) in [6, 6.07) is 10.8. The van der Waals surface area contributed by atoms with E-state index in [-0.39, 0.29) is 37.0 Å². The number of anilines is 1. The van der Waals surface area contributed by atoms with E-state index in [1.54, 1.807) is 12.1 Å². The molecule has 0 saturated heterocycles. The lowest BCUT2D eigenvalue weighted by atomic mass is 10.0. The highest BCUT2D eigenvalue weighted by Crippen LogP contribution is 2.29. The van der Waals surface area contributed by atoms with Gasteiger partial charge in [0.1, 0.15) is 29.9 Å². The van der Waals surface area contributed by atoms with Crippen LogP contribution in [0.2, 0.25) is 5.02 Å². The predicted octanol–water partition coefficient (Wildman–Crippen LogP) is 2.39. The first-order valence-corrected chi connectivity index (χ1v) is 11.6. The van der Waals surface area contributed by atoms with Gasteiger partial charge in [-0.2, -0.15) is 0 Å². The van der Waals surface area contributed by atoms with E-state index >= 15 is 0 Å². The Balaban J connectivity index is 1.22. The van der Waals surface area contributed by atoms with Gasteiger partial charge in [-0.1, -0.05) is 29.8 Å². The molecule has 0 aromatic heterocycles. The van der Waals surface area contributed by atoms with E-state index < -0.39 is 0 Å². The van der Waals surface area contributed by atoms with Gasteiger partial charge < -0.3 is 25.6 Å². The van der Waals surface area contributed by atoms with Crippen molar-refractivity contribution in [3.05, 3.63) is 70.0 Å². The van der Waals surface area contributed by atoms with Crippen LogP contribution in [-0.4, -0.2) is 54.5 Å². The van der Waals surface area contributed by atoms with Crippen molar-refractivity contribution < 1.29 is 14.3 Å². The van der Waals surface area contributed by atoms with Gasteiger partial charge in [0.25, 0.3) is 11.8 Å². The zero-order valence-corrected chi connectivity index (χ0v) is 20.1. The summed E-state index contributed by atoms with van der Waals surface area (Å²) >= 11 is 6.25. The first-order valence-electron chi connectivity index (χ1n) is 11.2. The van der Waals surface area contributed by atoms with E-state index in [0.717, 1.165) is 27.4 Å². The van der Waals surface area contributed by atoms with Gasteiger partial charge in [-0.05, 0) is 41.8 Å². The molecule has 2 aromatic rings. The molecule has 0 aliphatic carbocycles. The Morgan fingerprint density at radius 3 is 2.86 bits per heavy atom. The monoisotopic (exact) mass is 492 g/mol. The maximum absolute atomic E-state index is 13.1. The molecule has 0 radical (unpaired) electrons. The quantitative estimate of drug-likeness (QED) is 0.574. The summed E-state index contributed by atoms with van der Waals surface area (Å²) in [6.07, 6.45) is 3.40. The van der Waals surface area contributed by atoms with Crippen molar-refractivity contribution >= 4 is 41.2 Å². The Labute approximate surface area is 207 Å². The number of rotatable bonds is 6. The number of nitrogens with zero attached hydrogens (tertiary/aromatic N) is 3. The minimum absolute atomic E-state index is 0.00415. The number of benzene rings is 2. The highest BCUT2D eigenvalue weighted by Gasteiger charge is 2.41. The number of nitrogens with one attached hydrogen (secondary N) is 3. The molecule has 0 bridgehead atoms. The maximum atomic E-state index is 13.1. The molecular weight excluding hydrogens is 468 g/mol. The smallest absolute Gasteiger partial charge is 0.268 e. The summed E-state index contributed by atoms with van der Waals surface area (Å²) in [6.45, 7) is 2.85. The summed E-state index contributed by atoms with van der Waals surface area (Å²) in [5.41, 5.74) is 4.84. The molecular formula is C25H25ClN6O3. The van der Waals surface area contributed by atoms with E-state index in [0.29, 0.717) is 23.7 Å². The molecule has 3 heterocycles. The van der Waals surface area contributed by atoms with Crippen molar-refractivity contribution in [3.63, 3.8) is 0 Å². The molecule has 2 atom stereocenters. The van der Waals surface area contributed by atoms with Gasteiger partial charge in [0.2, 0.25) is 0 Å². The molecule has 10 heteroatoms. The molecule has 2 aromatic carbocycles. The second-order valence-corrected chi connectivity index (χ2v) is 9.11. The average molecular weight is 493 g/mol. The molecule has 9 nitrogen and oxygen atoms in total. The van der Waals surface area contributed by atoms with Crippen molar-refractivity contribution in [3.8, 4) is 5.75 Å². The third-order valence-corrected chi connectivity index (χ3v) is 6.61. The molecule has 3 aliphatic heterocycles. The zero-order chi connectivity index (χ0) is 24.5. The Morgan fingerprint density at radius 2 is 2.03 bits per heavy atom. The van der Waals surface area contributed by atoms with Crippen molar-refractivity contribution in [1.82, 2.24) is 15.5 Å². The molecule has 35 heavy (non-hydrogen) atoms. The molecule has 3 aliphatic rings. The van der Waals surface area contributed by atoms with Gasteiger partial charge in [-0.15, -0.1) is 0 Å². The zero-order valence-electron chi connectivity index (χ0n) is 19.3. The van der Waals surface area contributed by atoms with E-state index in [4.69, 9.17) is 16.3 Å². The Hall–Kier alpha value is -3.85. The summed E-state index contributed by atoms with van der Waals surface area (Å²) < 4.78 is 5.38. The number of halogens is 1. The number of hydrogen-bond acceptors (Lipinski definition) is 7. The molecule has 180 valence electrons. The first kappa shape index (κ1) is 22.9. The van der Waals surface area contributed by atoms with Crippen molar-refractivity contribution in [1.29, 1.82) is 0 Å². The van der Waals surface area contributed by atoms with Gasteiger partial charge in [0.05, 0.1) is 11.4 Å². The number of aryl methyl sites for hydroxylation is 1. The molecule has 3 N–H and O–H groups in total. The van der Waals surface area contributed by atoms with Crippen molar-refractivity contribution in [2.24, 2.45) is 9.98 Å². The minimum atomic E-state index is -0.305. The fraction of sp³-hybridized carbons (Fsp3) is 0.280. The van der Waals surface area contributed by atoms with Crippen LogP contribution in [0, 0.1) is 6.92 Å². The van der Waals surface area contributed by atoms with Gasteiger partial charge in [-0.3, -0.25) is 14.6 Å². The number of carbonyl (C=O) groups excluding carboxylic acids is 2. The third kappa shape index (κ3) is 4.72. The SMILES string of the molecule is Cc1ccc(CNC2=CN(C)C3C(C(=O)NCc4ccc5c(c4)NC(=O)CO5)=NC=NC23)cc1Cl. The van der Waals surface area contributed by atoms with E-state index in [1.165, 1.54) is 6.34 Å². The van der Waals surface area contributed by atoms with Crippen LogP contribution < -0.4 is 20.7 Å². The average Bonchev–Trinajstić information content (AvgIpc) is 3.18. The summed E-state index contributed by atoms with van der Waals surface area (Å²) in [5, 5.41) is 9.88. The summed E-state index contributed by atoms with van der Waals surface area (Å²) in [4.78, 5) is 35.4. The van der Waals surface area contributed by atoms with Crippen LogP contribution in [0.5, 0.6) is 5.75 Å². The van der Waals surface area contributed by atoms with Gasteiger partial charge in [0, 0.05) is 31.4 Å². The maximum Gasteiger partial charge on any atom is 0.268 e. The van der Waals surface area contributed by atoms with Crippen LogP contribution in [-0.2, 0) is 22.7 Å². The van der Waals surface area contributed by atoms with Crippen LogP contribution in [0.15, 0.2) is 58.3 Å². The van der Waals surface area contributed by atoms with Gasteiger partial charge >= 0.3 is 0 Å². The fourth-order valence-electron chi connectivity index (χ4n) is 4.32. The highest BCUT2D eigenvalue weighted by molar-refractivity contribution is 6.42. The summed E-state index contributed by atoms with van der Waals surface area (Å²) in [5.74, 6) is 0.144. The number of amides is 2. The Bertz CT molecular complexity index is 1290. The van der Waals surface area contributed by atoms with Crippen molar-refractivity contribution in [2.75, 3.05) is 19.0 Å². The van der Waals surface area contributed by atoms with E-state index in [1.807, 2.05) is 49.3 Å². The molecule has 0 saturated carbocycles. The minimum Gasteiger partial charge on any atom is -0.482 e. The number of aliphatic imine (C=N–C) groups is 2. The normalized spacial score (nSPS) is 20.2. The van der Waals surface area contributed by atoms with E-state index in [9.17, 15) is 9.59 Å². The number of carbonyl (C=O) groups is 2. The van der Waals surface area contributed by atoms with Crippen molar-refractivity contribution in [2.45, 2.75) is 32.1 Å². The first-order chi connectivity index (χ1) is 16.9. The Kier molecular flexibility index (Phi) is 6.17. The van der Waals surface area contributed by atoms with Crippen LogP contribution in [0.4, 0.5) is 5.69 Å². The standard InChI is InChI=1S/C25H25ClN6O3/c1-14-3-4-15(7-17(14)26)9-27-19-11-32(2)24-22(19)29-13-30-23(24)25(34)28-10-16-5-6-20-18(8-16)31-21(33)12-35-20/h3-8,11,13,22,24,27H,9-10,12H2,1-2H3,(H,28,34)(H,31,33). The van der Waals surface area contributed by atoms with Crippen LogP contribution in [0.1, 0.15) is 16.7 Å². The second kappa shape index (κ2) is 9.42. The molecule has 5 rings (SSSR count). The predicted molar refractivity (Wildman–Crippen MR) is 135 cm³/mol. The van der Waals surface area contributed by atoms with Gasteiger partial charge in [-0.25, -0.2) is 4.99 Å².